The van der Waals surface area contributed by atoms with E-state index in [0.29, 0.717) is 6.54 Å². The minimum atomic E-state index is 0.612. The van der Waals surface area contributed by atoms with E-state index in [1.54, 1.807) is 10.2 Å². The summed E-state index contributed by atoms with van der Waals surface area (Å²) in [5.74, 6) is 0. The Labute approximate surface area is 72.2 Å². The lowest BCUT2D eigenvalue weighted by atomic mass is 10.2. The van der Waals surface area contributed by atoms with Crippen LogP contribution in [0.3, 0.4) is 0 Å². The summed E-state index contributed by atoms with van der Waals surface area (Å²) in [6.45, 7) is 0.612. The smallest absolute Gasteiger partial charge is 0.0191 e. The fourth-order valence-electron chi connectivity index (χ4n) is 0.720. The van der Waals surface area contributed by atoms with Crippen LogP contribution in [0.5, 0.6) is 0 Å². The molecule has 0 bridgehead atoms. The molecule has 0 aliphatic carbocycles. The molecule has 0 atom stereocenters. The van der Waals surface area contributed by atoms with Crippen LogP contribution in [-0.2, 0) is 6.54 Å². The molecule has 0 unspecified atom stereocenters. The number of hydrogen-bond donors (Lipinski definition) is 1. The third-order valence-electron chi connectivity index (χ3n) is 1.22. The summed E-state index contributed by atoms with van der Waals surface area (Å²) in [6.07, 6.45) is 0. The Balaban J connectivity index is 2.87. The average Bonchev–Trinajstić information content (AvgIpc) is 2.05. The van der Waals surface area contributed by atoms with Crippen molar-refractivity contribution in [1.29, 1.82) is 0 Å². The van der Waals surface area contributed by atoms with Gasteiger partial charge in [-0.3, -0.25) is 0 Å². The van der Waals surface area contributed by atoms with Crippen molar-refractivity contribution >= 4 is 25.0 Å². The SMILES string of the molecule is NCc1cccc(SBr)c1. The molecular formula is C7H8BrNS. The Morgan fingerprint density at radius 1 is 1.50 bits per heavy atom. The van der Waals surface area contributed by atoms with Gasteiger partial charge in [-0.05, 0) is 42.7 Å². The van der Waals surface area contributed by atoms with E-state index in [4.69, 9.17) is 5.73 Å². The predicted molar refractivity (Wildman–Crippen MR) is 49.1 cm³/mol. The van der Waals surface area contributed by atoms with Crippen LogP contribution in [0, 0.1) is 0 Å². The van der Waals surface area contributed by atoms with E-state index in [-0.39, 0.29) is 0 Å². The van der Waals surface area contributed by atoms with Gasteiger partial charge in [0.15, 0.2) is 0 Å². The first-order valence-electron chi connectivity index (χ1n) is 2.94. The summed E-state index contributed by atoms with van der Waals surface area (Å²) < 4.78 is 0. The zero-order valence-corrected chi connectivity index (χ0v) is 7.78. The van der Waals surface area contributed by atoms with Gasteiger partial charge < -0.3 is 5.73 Å². The molecule has 1 rings (SSSR count). The van der Waals surface area contributed by atoms with Crippen LogP contribution >= 0.6 is 25.0 Å². The van der Waals surface area contributed by atoms with Crippen molar-refractivity contribution in [3.63, 3.8) is 0 Å². The monoisotopic (exact) mass is 217 g/mol. The summed E-state index contributed by atoms with van der Waals surface area (Å²) in [5.41, 5.74) is 6.62. The Bertz CT molecular complexity index is 195. The highest BCUT2D eigenvalue weighted by Crippen LogP contribution is 2.24. The first-order valence-corrected chi connectivity index (χ1v) is 5.60. The Morgan fingerprint density at radius 3 is 2.90 bits per heavy atom. The molecule has 0 heterocycles. The van der Waals surface area contributed by atoms with Gasteiger partial charge in [0.25, 0.3) is 0 Å². The standard InChI is InChI=1S/C7H8BrNS/c8-10-7-3-1-2-6(4-7)5-9/h1-4H,5,9H2. The van der Waals surface area contributed by atoms with Crippen LogP contribution in [-0.4, -0.2) is 0 Å². The van der Waals surface area contributed by atoms with Gasteiger partial charge in [0, 0.05) is 11.4 Å². The molecule has 0 aliphatic rings. The maximum absolute atomic E-state index is 5.45. The average molecular weight is 218 g/mol. The van der Waals surface area contributed by atoms with Crippen molar-refractivity contribution in [2.75, 3.05) is 0 Å². The lowest BCUT2D eigenvalue weighted by molar-refractivity contribution is 1.06. The molecule has 1 aromatic carbocycles. The molecule has 0 fully saturated rings. The van der Waals surface area contributed by atoms with Crippen LogP contribution in [0.25, 0.3) is 0 Å². The number of benzene rings is 1. The van der Waals surface area contributed by atoms with E-state index >= 15 is 0 Å². The number of nitrogens with two attached hydrogens (primary N) is 1. The first-order chi connectivity index (χ1) is 4.86. The van der Waals surface area contributed by atoms with Gasteiger partial charge in [0.05, 0.1) is 0 Å². The second-order valence-electron chi connectivity index (χ2n) is 1.93. The summed E-state index contributed by atoms with van der Waals surface area (Å²) in [6, 6.07) is 8.14. The fraction of sp³-hybridized carbons (Fsp3) is 0.143. The molecule has 0 aliphatic heterocycles. The van der Waals surface area contributed by atoms with Crippen molar-refractivity contribution in [3.05, 3.63) is 29.8 Å². The molecule has 10 heavy (non-hydrogen) atoms. The zero-order valence-electron chi connectivity index (χ0n) is 5.38. The van der Waals surface area contributed by atoms with Gasteiger partial charge in [-0.1, -0.05) is 12.1 Å². The van der Waals surface area contributed by atoms with Gasteiger partial charge in [-0.25, -0.2) is 0 Å². The van der Waals surface area contributed by atoms with Gasteiger partial charge >= 0.3 is 0 Å². The second kappa shape index (κ2) is 4.01. The van der Waals surface area contributed by atoms with Crippen LogP contribution < -0.4 is 5.73 Å². The normalized spacial score (nSPS) is 9.80. The highest BCUT2D eigenvalue weighted by molar-refractivity contribution is 9.50. The van der Waals surface area contributed by atoms with Gasteiger partial charge in [-0.15, -0.1) is 0 Å². The van der Waals surface area contributed by atoms with Gasteiger partial charge in [0.2, 0.25) is 0 Å². The van der Waals surface area contributed by atoms with Crippen LogP contribution in [0.1, 0.15) is 5.56 Å². The zero-order chi connectivity index (χ0) is 7.40. The van der Waals surface area contributed by atoms with Crippen LogP contribution in [0.2, 0.25) is 0 Å². The molecule has 0 radical (unpaired) electrons. The Hall–Kier alpha value is 0.01000. The second-order valence-corrected chi connectivity index (χ2v) is 3.53. The van der Waals surface area contributed by atoms with Crippen molar-refractivity contribution in [2.45, 2.75) is 11.4 Å². The van der Waals surface area contributed by atoms with Gasteiger partial charge in [-0.2, -0.15) is 0 Å². The van der Waals surface area contributed by atoms with E-state index in [9.17, 15) is 0 Å². The lowest BCUT2D eigenvalue weighted by Gasteiger charge is -1.97. The highest BCUT2D eigenvalue weighted by atomic mass is 79.9. The largest absolute Gasteiger partial charge is 0.326 e. The molecular weight excluding hydrogens is 210 g/mol. The molecule has 0 amide bonds. The molecule has 2 N–H and O–H groups in total. The summed E-state index contributed by atoms with van der Waals surface area (Å²) in [5, 5.41) is 0. The van der Waals surface area contributed by atoms with Gasteiger partial charge in [0.1, 0.15) is 0 Å². The topological polar surface area (TPSA) is 26.0 Å². The van der Waals surface area contributed by atoms with E-state index in [0.717, 1.165) is 0 Å². The quantitative estimate of drug-likeness (QED) is 0.825. The van der Waals surface area contributed by atoms with Crippen molar-refractivity contribution < 1.29 is 0 Å². The summed E-state index contributed by atoms with van der Waals surface area (Å²) >= 11 is 3.30. The predicted octanol–water partition coefficient (Wildman–Crippen LogP) is 2.55. The van der Waals surface area contributed by atoms with E-state index in [1.165, 1.54) is 10.5 Å². The minimum Gasteiger partial charge on any atom is -0.326 e. The van der Waals surface area contributed by atoms with Crippen molar-refractivity contribution in [1.82, 2.24) is 0 Å². The number of halogens is 1. The molecule has 3 heteroatoms. The molecule has 0 saturated carbocycles. The third kappa shape index (κ3) is 2.01. The number of hydrogen-bond acceptors (Lipinski definition) is 2. The summed E-state index contributed by atoms with van der Waals surface area (Å²) in [7, 11) is 1.56. The molecule has 0 aromatic heterocycles. The molecule has 54 valence electrons. The van der Waals surface area contributed by atoms with Crippen LogP contribution in [0.15, 0.2) is 29.2 Å². The van der Waals surface area contributed by atoms with Crippen LogP contribution in [0.4, 0.5) is 0 Å². The Kier molecular flexibility index (Phi) is 3.25. The van der Waals surface area contributed by atoms with E-state index in [1.807, 2.05) is 18.2 Å². The maximum Gasteiger partial charge on any atom is 0.0191 e. The lowest BCUT2D eigenvalue weighted by Crippen LogP contribution is -1.94. The molecule has 0 spiro atoms. The van der Waals surface area contributed by atoms with Crippen molar-refractivity contribution in [3.8, 4) is 0 Å². The molecule has 0 saturated heterocycles. The summed E-state index contributed by atoms with van der Waals surface area (Å²) in [4.78, 5) is 1.20. The fourth-order valence-corrected chi connectivity index (χ4v) is 1.65. The number of rotatable bonds is 2. The maximum atomic E-state index is 5.45. The van der Waals surface area contributed by atoms with E-state index in [2.05, 4.69) is 20.9 Å². The highest BCUT2D eigenvalue weighted by Gasteiger charge is 1.91. The van der Waals surface area contributed by atoms with E-state index < -0.39 is 0 Å². The Morgan fingerprint density at radius 2 is 2.30 bits per heavy atom. The third-order valence-corrected chi connectivity index (χ3v) is 2.78. The van der Waals surface area contributed by atoms with Crippen molar-refractivity contribution in [2.24, 2.45) is 5.73 Å². The first kappa shape index (κ1) is 8.11. The molecule has 1 aromatic rings. The minimum absolute atomic E-state index is 0.612. The molecule has 1 nitrogen and oxygen atoms in total.